The van der Waals surface area contributed by atoms with E-state index in [2.05, 4.69) is 20.7 Å². The Balaban J connectivity index is 1.52. The molecular formula is C24H20ClN5OS. The highest BCUT2D eigenvalue weighted by Crippen LogP contribution is 2.28. The van der Waals surface area contributed by atoms with Crippen molar-refractivity contribution in [1.29, 1.82) is 0 Å². The zero-order valence-corrected chi connectivity index (χ0v) is 18.8. The van der Waals surface area contributed by atoms with Crippen LogP contribution in [0.25, 0.3) is 17.1 Å². The molecule has 0 unspecified atom stereocenters. The minimum Gasteiger partial charge on any atom is -0.272 e. The summed E-state index contributed by atoms with van der Waals surface area (Å²) in [5.74, 6) is 0.603. The molecule has 0 saturated carbocycles. The summed E-state index contributed by atoms with van der Waals surface area (Å²) in [6.07, 6.45) is 0. The van der Waals surface area contributed by atoms with Crippen LogP contribution >= 0.6 is 23.4 Å². The third kappa shape index (κ3) is 5.25. The maximum absolute atomic E-state index is 12.4. The van der Waals surface area contributed by atoms with Crippen molar-refractivity contribution in [1.82, 2.24) is 20.2 Å². The molecule has 0 spiro atoms. The molecule has 1 N–H and O–H groups in total. The van der Waals surface area contributed by atoms with Crippen molar-refractivity contribution in [2.75, 3.05) is 5.75 Å². The van der Waals surface area contributed by atoms with Crippen LogP contribution in [0.5, 0.6) is 0 Å². The van der Waals surface area contributed by atoms with E-state index >= 15 is 0 Å². The van der Waals surface area contributed by atoms with Crippen molar-refractivity contribution in [3.05, 3.63) is 95.5 Å². The monoisotopic (exact) mass is 461 g/mol. The number of carbonyl (C=O) groups is 1. The van der Waals surface area contributed by atoms with Crippen LogP contribution < -0.4 is 5.43 Å². The van der Waals surface area contributed by atoms with E-state index in [1.165, 1.54) is 11.8 Å². The molecule has 8 heteroatoms. The molecule has 6 nitrogen and oxygen atoms in total. The molecule has 0 atom stereocenters. The molecule has 0 bridgehead atoms. The van der Waals surface area contributed by atoms with Crippen molar-refractivity contribution >= 4 is 35.0 Å². The summed E-state index contributed by atoms with van der Waals surface area (Å²) in [5, 5.41) is 14.2. The standard InChI is InChI=1S/C24H20ClN5OS/c1-17(18-8-4-2-5-9-18)26-27-22(31)16-32-24-29-28-23(19-12-14-20(25)15-13-19)30(24)21-10-6-3-7-11-21/h2-15H,16H2,1H3,(H,27,31)/b26-17-. The van der Waals surface area contributed by atoms with Gasteiger partial charge in [0, 0.05) is 16.3 Å². The molecule has 0 aliphatic carbocycles. The smallest absolute Gasteiger partial charge is 0.250 e. The zero-order valence-electron chi connectivity index (χ0n) is 17.3. The lowest BCUT2D eigenvalue weighted by molar-refractivity contribution is -0.118. The number of amides is 1. The van der Waals surface area contributed by atoms with Gasteiger partial charge in [-0.3, -0.25) is 9.36 Å². The molecule has 4 aromatic rings. The maximum Gasteiger partial charge on any atom is 0.250 e. The normalized spacial score (nSPS) is 11.4. The van der Waals surface area contributed by atoms with Crippen molar-refractivity contribution in [3.63, 3.8) is 0 Å². The highest BCUT2D eigenvalue weighted by Gasteiger charge is 2.17. The van der Waals surface area contributed by atoms with Gasteiger partial charge in [0.1, 0.15) is 0 Å². The number of nitrogens with zero attached hydrogens (tertiary/aromatic N) is 4. The second-order valence-electron chi connectivity index (χ2n) is 6.87. The van der Waals surface area contributed by atoms with E-state index in [-0.39, 0.29) is 11.7 Å². The van der Waals surface area contributed by atoms with Gasteiger partial charge in [-0.2, -0.15) is 5.10 Å². The zero-order chi connectivity index (χ0) is 22.3. The van der Waals surface area contributed by atoms with Gasteiger partial charge < -0.3 is 0 Å². The van der Waals surface area contributed by atoms with Gasteiger partial charge in [0.05, 0.1) is 11.5 Å². The number of rotatable bonds is 7. The average Bonchev–Trinajstić information content (AvgIpc) is 3.26. The quantitative estimate of drug-likeness (QED) is 0.232. The highest BCUT2D eigenvalue weighted by atomic mass is 35.5. The summed E-state index contributed by atoms with van der Waals surface area (Å²) >= 11 is 7.33. The largest absolute Gasteiger partial charge is 0.272 e. The number of para-hydroxylation sites is 1. The molecule has 0 radical (unpaired) electrons. The third-order valence-corrected chi connectivity index (χ3v) is 5.80. The van der Waals surface area contributed by atoms with E-state index in [9.17, 15) is 4.79 Å². The summed E-state index contributed by atoms with van der Waals surface area (Å²) in [5.41, 5.74) is 6.09. The summed E-state index contributed by atoms with van der Waals surface area (Å²) in [4.78, 5) is 12.4. The predicted octanol–water partition coefficient (Wildman–Crippen LogP) is 5.22. The van der Waals surface area contributed by atoms with Crippen LogP contribution in [-0.4, -0.2) is 32.1 Å². The number of thioether (sulfide) groups is 1. The van der Waals surface area contributed by atoms with E-state index in [4.69, 9.17) is 11.6 Å². The SMILES string of the molecule is C/C(=N/NC(=O)CSc1nnc(-c2ccc(Cl)cc2)n1-c1ccccc1)c1ccccc1. The Bertz CT molecular complexity index is 1220. The van der Waals surface area contributed by atoms with Crippen molar-refractivity contribution < 1.29 is 4.79 Å². The second-order valence-corrected chi connectivity index (χ2v) is 8.25. The van der Waals surface area contributed by atoms with Gasteiger partial charge in [0.2, 0.25) is 0 Å². The summed E-state index contributed by atoms with van der Waals surface area (Å²) in [6, 6.07) is 26.9. The summed E-state index contributed by atoms with van der Waals surface area (Å²) in [7, 11) is 0. The first kappa shape index (κ1) is 21.8. The molecule has 160 valence electrons. The Morgan fingerprint density at radius 3 is 2.31 bits per heavy atom. The maximum atomic E-state index is 12.4. The molecule has 0 saturated heterocycles. The third-order valence-electron chi connectivity index (χ3n) is 4.62. The fourth-order valence-corrected chi connectivity index (χ4v) is 3.88. The number of aromatic nitrogens is 3. The number of hydrazone groups is 1. The fraction of sp³-hybridized carbons (Fsp3) is 0.0833. The van der Waals surface area contributed by atoms with Gasteiger partial charge in [-0.15, -0.1) is 10.2 Å². The molecule has 0 fully saturated rings. The summed E-state index contributed by atoms with van der Waals surface area (Å²) < 4.78 is 1.93. The number of nitrogens with one attached hydrogen (secondary N) is 1. The van der Waals surface area contributed by atoms with Crippen LogP contribution in [0.1, 0.15) is 12.5 Å². The van der Waals surface area contributed by atoms with Crippen LogP contribution in [-0.2, 0) is 4.79 Å². The average molecular weight is 462 g/mol. The van der Waals surface area contributed by atoms with Gasteiger partial charge in [0.25, 0.3) is 5.91 Å². The fourth-order valence-electron chi connectivity index (χ4n) is 3.01. The van der Waals surface area contributed by atoms with E-state index < -0.39 is 0 Å². The van der Waals surface area contributed by atoms with Crippen molar-refractivity contribution in [3.8, 4) is 17.1 Å². The Hall–Kier alpha value is -3.42. The molecule has 0 aliphatic rings. The van der Waals surface area contributed by atoms with Crippen LogP contribution in [0.4, 0.5) is 0 Å². The Morgan fingerprint density at radius 2 is 1.62 bits per heavy atom. The van der Waals surface area contributed by atoms with Gasteiger partial charge >= 0.3 is 0 Å². The van der Waals surface area contributed by atoms with Crippen molar-refractivity contribution in [2.24, 2.45) is 5.10 Å². The molecule has 4 rings (SSSR count). The van der Waals surface area contributed by atoms with Gasteiger partial charge in [-0.25, -0.2) is 5.43 Å². The van der Waals surface area contributed by atoms with Crippen LogP contribution in [0.15, 0.2) is 95.2 Å². The number of carbonyl (C=O) groups excluding carboxylic acids is 1. The summed E-state index contributed by atoms with van der Waals surface area (Å²) in [6.45, 7) is 1.85. The first-order valence-corrected chi connectivity index (χ1v) is 11.3. The molecule has 32 heavy (non-hydrogen) atoms. The van der Waals surface area contributed by atoms with Crippen LogP contribution in [0.2, 0.25) is 5.02 Å². The lowest BCUT2D eigenvalue weighted by Gasteiger charge is -2.10. The Labute approximate surface area is 195 Å². The topological polar surface area (TPSA) is 72.2 Å². The second kappa shape index (κ2) is 10.3. The lowest BCUT2D eigenvalue weighted by atomic mass is 10.1. The van der Waals surface area contributed by atoms with Gasteiger partial charge in [-0.05, 0) is 48.9 Å². The minimum atomic E-state index is -0.221. The molecule has 1 amide bonds. The Kier molecular flexibility index (Phi) is 6.99. The number of benzene rings is 3. The molecule has 1 heterocycles. The lowest BCUT2D eigenvalue weighted by Crippen LogP contribution is -2.21. The van der Waals surface area contributed by atoms with Crippen LogP contribution in [0, 0.1) is 0 Å². The molecule has 1 aromatic heterocycles. The van der Waals surface area contributed by atoms with Gasteiger partial charge in [-0.1, -0.05) is 71.9 Å². The van der Waals surface area contributed by atoms with Gasteiger partial charge in [0.15, 0.2) is 11.0 Å². The van der Waals surface area contributed by atoms with Crippen LogP contribution in [0.3, 0.4) is 0 Å². The first-order chi connectivity index (χ1) is 15.6. The number of hydrogen-bond donors (Lipinski definition) is 1. The molecular weight excluding hydrogens is 442 g/mol. The van der Waals surface area contributed by atoms with E-state index in [0.717, 1.165) is 22.5 Å². The predicted molar refractivity (Wildman–Crippen MR) is 129 cm³/mol. The first-order valence-electron chi connectivity index (χ1n) is 9.90. The number of halogens is 1. The molecule has 3 aromatic carbocycles. The molecule has 0 aliphatic heterocycles. The van der Waals surface area contributed by atoms with E-state index in [0.29, 0.717) is 16.0 Å². The minimum absolute atomic E-state index is 0.150. The van der Waals surface area contributed by atoms with E-state index in [1.807, 2.05) is 96.4 Å². The van der Waals surface area contributed by atoms with Crippen molar-refractivity contribution in [2.45, 2.75) is 12.1 Å². The van der Waals surface area contributed by atoms with E-state index in [1.54, 1.807) is 0 Å². The highest BCUT2D eigenvalue weighted by molar-refractivity contribution is 7.99. The Morgan fingerprint density at radius 1 is 0.969 bits per heavy atom. The number of hydrogen-bond acceptors (Lipinski definition) is 5.